The summed E-state index contributed by atoms with van der Waals surface area (Å²) in [4.78, 5) is 40.1. The van der Waals surface area contributed by atoms with Crippen molar-refractivity contribution in [1.82, 2.24) is 5.32 Å². The number of allylic oxidation sites excluding steroid dienone is 11. The Balaban J connectivity index is 5.16. The van der Waals surface area contributed by atoms with E-state index < -0.39 is 26.6 Å². The zero-order valence-corrected chi connectivity index (χ0v) is 54.9. The molecule has 0 aliphatic rings. The van der Waals surface area contributed by atoms with Gasteiger partial charge in [0, 0.05) is 12.8 Å². The third kappa shape index (κ3) is 61.8. The second-order valence-electron chi connectivity index (χ2n) is 24.3. The van der Waals surface area contributed by atoms with Crippen LogP contribution < -0.4 is 10.2 Å². The zero-order valence-electron chi connectivity index (χ0n) is 54.0. The predicted octanol–water partition coefficient (Wildman–Crippen LogP) is 20.9. The van der Waals surface area contributed by atoms with E-state index in [-0.39, 0.29) is 24.9 Å². The standard InChI is InChI=1S/C71H131N2O7P/c1-7-10-13-16-19-22-25-28-30-32-33-34-35-36-37-38-39-41-43-46-49-52-55-58-61-64-71(75)80-69(62-59-56-53-50-47-44-27-24-21-18-15-12-9-3)68(67-79-81(76,77)78-66-65-73(4,5)6)72-70(74)63-60-57-54-51-48-45-42-40-31-29-26-23-20-17-14-11-8-2/h19,22,28-31,33-34,36-37,59,62,68-69H,7-18,20-21,23-27,32,35,38-58,60-61,63-67H2,1-6H3,(H-,72,74,76,77)/b22-19-,30-28-,31-29+,34-33-,37-36-,62-59-. The molecule has 10 heteroatoms. The molecule has 0 radical (unpaired) electrons. The molecule has 0 saturated carbocycles. The number of phosphoric acid groups is 1. The molecule has 81 heavy (non-hydrogen) atoms. The maximum Gasteiger partial charge on any atom is 0.306 e. The van der Waals surface area contributed by atoms with Crippen molar-refractivity contribution >= 4 is 19.7 Å². The van der Waals surface area contributed by atoms with Crippen LogP contribution in [0.25, 0.3) is 0 Å². The van der Waals surface area contributed by atoms with Gasteiger partial charge in [-0.15, -0.1) is 0 Å². The number of quaternary nitrogens is 1. The normalized spacial score (nSPS) is 14.0. The van der Waals surface area contributed by atoms with Crippen LogP contribution in [0.3, 0.4) is 0 Å². The number of hydrogen-bond donors (Lipinski definition) is 1. The van der Waals surface area contributed by atoms with Gasteiger partial charge in [0.1, 0.15) is 19.3 Å². The van der Waals surface area contributed by atoms with Crippen LogP contribution in [0, 0.1) is 0 Å². The fourth-order valence-corrected chi connectivity index (χ4v) is 10.5. The van der Waals surface area contributed by atoms with Crippen molar-refractivity contribution in [2.75, 3.05) is 40.9 Å². The van der Waals surface area contributed by atoms with Gasteiger partial charge in [0.2, 0.25) is 5.91 Å². The highest BCUT2D eigenvalue weighted by molar-refractivity contribution is 7.45. The van der Waals surface area contributed by atoms with Crippen molar-refractivity contribution in [2.24, 2.45) is 0 Å². The molecule has 0 spiro atoms. The van der Waals surface area contributed by atoms with E-state index in [4.69, 9.17) is 13.8 Å². The van der Waals surface area contributed by atoms with Crippen LogP contribution >= 0.6 is 7.82 Å². The van der Waals surface area contributed by atoms with Gasteiger partial charge in [0.25, 0.3) is 7.82 Å². The van der Waals surface area contributed by atoms with E-state index in [0.29, 0.717) is 17.4 Å². The van der Waals surface area contributed by atoms with E-state index in [0.717, 1.165) is 103 Å². The number of phosphoric ester groups is 1. The Kier molecular flexibility index (Phi) is 58.7. The van der Waals surface area contributed by atoms with E-state index >= 15 is 0 Å². The number of nitrogens with one attached hydrogen (secondary N) is 1. The molecule has 0 aromatic rings. The number of esters is 1. The van der Waals surface area contributed by atoms with E-state index in [1.807, 2.05) is 33.3 Å². The molecule has 472 valence electrons. The van der Waals surface area contributed by atoms with Crippen LogP contribution in [0.15, 0.2) is 72.9 Å². The predicted molar refractivity (Wildman–Crippen MR) is 348 cm³/mol. The van der Waals surface area contributed by atoms with Gasteiger partial charge in [-0.2, -0.15) is 0 Å². The topological polar surface area (TPSA) is 114 Å². The third-order valence-electron chi connectivity index (χ3n) is 15.1. The Hall–Kier alpha value is -2.55. The average Bonchev–Trinajstić information content (AvgIpc) is 3.44. The Morgan fingerprint density at radius 3 is 1.16 bits per heavy atom. The highest BCUT2D eigenvalue weighted by Crippen LogP contribution is 2.38. The molecule has 0 rings (SSSR count). The monoisotopic (exact) mass is 1150 g/mol. The summed E-state index contributed by atoms with van der Waals surface area (Å²) in [5, 5.41) is 3.04. The highest BCUT2D eigenvalue weighted by atomic mass is 31.2. The van der Waals surface area contributed by atoms with Gasteiger partial charge in [-0.3, -0.25) is 14.2 Å². The van der Waals surface area contributed by atoms with Crippen molar-refractivity contribution < 1.29 is 37.3 Å². The lowest BCUT2D eigenvalue weighted by molar-refractivity contribution is -0.870. The van der Waals surface area contributed by atoms with Gasteiger partial charge in [0.15, 0.2) is 0 Å². The molecule has 0 aliphatic heterocycles. The number of unbranched alkanes of at least 4 members (excludes halogenated alkanes) is 36. The van der Waals surface area contributed by atoms with Crippen molar-refractivity contribution in [3.05, 3.63) is 72.9 Å². The van der Waals surface area contributed by atoms with Crippen LogP contribution in [0.5, 0.6) is 0 Å². The van der Waals surface area contributed by atoms with Gasteiger partial charge in [-0.1, -0.05) is 274 Å². The summed E-state index contributed by atoms with van der Waals surface area (Å²) in [6, 6.07) is -0.896. The van der Waals surface area contributed by atoms with Gasteiger partial charge < -0.3 is 28.5 Å². The van der Waals surface area contributed by atoms with Crippen LogP contribution in [0.4, 0.5) is 0 Å². The quantitative estimate of drug-likeness (QED) is 0.0212. The van der Waals surface area contributed by atoms with Crippen molar-refractivity contribution in [3.63, 3.8) is 0 Å². The van der Waals surface area contributed by atoms with Gasteiger partial charge in [-0.25, -0.2) is 0 Å². The number of carbonyl (C=O) groups is 2. The van der Waals surface area contributed by atoms with E-state index in [9.17, 15) is 19.0 Å². The van der Waals surface area contributed by atoms with Gasteiger partial charge >= 0.3 is 5.97 Å². The van der Waals surface area contributed by atoms with E-state index in [1.54, 1.807) is 0 Å². The smallest absolute Gasteiger partial charge is 0.306 e. The minimum absolute atomic E-state index is 0.0255. The third-order valence-corrected chi connectivity index (χ3v) is 16.1. The first kappa shape index (κ1) is 78.5. The molecule has 9 nitrogen and oxygen atoms in total. The summed E-state index contributed by atoms with van der Waals surface area (Å²) in [6.45, 7) is 6.83. The summed E-state index contributed by atoms with van der Waals surface area (Å²) >= 11 is 0. The van der Waals surface area contributed by atoms with Crippen molar-refractivity contribution in [3.8, 4) is 0 Å². The molecule has 0 aromatic heterocycles. The van der Waals surface area contributed by atoms with Gasteiger partial charge in [0.05, 0.1) is 33.8 Å². The fraction of sp³-hybridized carbons (Fsp3) is 0.803. The first-order chi connectivity index (χ1) is 39.4. The number of ether oxygens (including phenoxy) is 1. The summed E-state index contributed by atoms with van der Waals surface area (Å²) < 4.78 is 30.4. The average molecular weight is 1160 g/mol. The minimum Gasteiger partial charge on any atom is -0.756 e. The summed E-state index contributed by atoms with van der Waals surface area (Å²) in [6.07, 6.45) is 78.7. The Morgan fingerprint density at radius 1 is 0.432 bits per heavy atom. The number of hydrogen-bond acceptors (Lipinski definition) is 7. The summed E-state index contributed by atoms with van der Waals surface area (Å²) in [5.74, 6) is -0.546. The zero-order chi connectivity index (χ0) is 59.3. The lowest BCUT2D eigenvalue weighted by atomic mass is 10.0. The molecular formula is C71H131N2O7P. The Labute approximate surface area is 502 Å². The lowest BCUT2D eigenvalue weighted by Crippen LogP contribution is -2.47. The Bertz CT molecular complexity index is 1620. The van der Waals surface area contributed by atoms with E-state index in [1.165, 1.54) is 180 Å². The largest absolute Gasteiger partial charge is 0.756 e. The first-order valence-electron chi connectivity index (χ1n) is 34.2. The SMILES string of the molecule is CCCCC/C=C\C/C=C\C/C=C\C/C=C\CCCCCCCCCCCC(=O)OC(/C=C\CCCCCCCCCCCCC)C(COP(=O)([O-])OCC[N+](C)(C)C)NC(=O)CCCCCCCCC/C=C/CCCCCCCC. The number of nitrogens with zero attached hydrogens (tertiary/aromatic N) is 1. The second kappa shape index (κ2) is 60.6. The van der Waals surface area contributed by atoms with Crippen LogP contribution in [-0.4, -0.2) is 69.4 Å². The molecule has 1 N–H and O–H groups in total. The van der Waals surface area contributed by atoms with Crippen LogP contribution in [0.2, 0.25) is 0 Å². The number of carbonyl (C=O) groups excluding carboxylic acids is 2. The molecule has 0 heterocycles. The molecule has 3 unspecified atom stereocenters. The minimum atomic E-state index is -4.71. The number of amides is 1. The molecule has 1 amide bonds. The molecule has 0 saturated heterocycles. The number of rotatable bonds is 62. The molecule has 0 bridgehead atoms. The second-order valence-corrected chi connectivity index (χ2v) is 25.7. The van der Waals surface area contributed by atoms with Crippen LogP contribution in [0.1, 0.15) is 316 Å². The molecule has 0 fully saturated rings. The molecule has 3 atom stereocenters. The maximum atomic E-state index is 13.6. The highest BCUT2D eigenvalue weighted by Gasteiger charge is 2.27. The van der Waals surface area contributed by atoms with Crippen molar-refractivity contribution in [2.45, 2.75) is 328 Å². The van der Waals surface area contributed by atoms with E-state index in [2.05, 4.69) is 86.8 Å². The first-order valence-corrected chi connectivity index (χ1v) is 35.7. The van der Waals surface area contributed by atoms with Crippen LogP contribution in [-0.2, 0) is 27.9 Å². The maximum absolute atomic E-state index is 13.6. The van der Waals surface area contributed by atoms with Gasteiger partial charge in [-0.05, 0) is 102 Å². The van der Waals surface area contributed by atoms with Crippen molar-refractivity contribution in [1.29, 1.82) is 0 Å². The fourth-order valence-electron chi connectivity index (χ4n) is 9.80. The Morgan fingerprint density at radius 2 is 0.753 bits per heavy atom. The summed E-state index contributed by atoms with van der Waals surface area (Å²) in [7, 11) is 1.18. The lowest BCUT2D eigenvalue weighted by Gasteiger charge is -2.30. The number of likely N-dealkylation sites (N-methyl/N-ethyl adjacent to an activating group) is 1. The molecular weight excluding hydrogens is 1020 g/mol. The molecule has 0 aliphatic carbocycles. The molecule has 0 aromatic carbocycles. The summed E-state index contributed by atoms with van der Waals surface area (Å²) in [5.41, 5.74) is 0.